The van der Waals surface area contributed by atoms with Crippen molar-refractivity contribution in [3.8, 4) is 12.3 Å². The Labute approximate surface area is 102 Å². The molecular weight excluding hydrogens is 218 g/mol. The zero-order valence-corrected chi connectivity index (χ0v) is 10.00. The quantitative estimate of drug-likeness (QED) is 0.521. The van der Waals surface area contributed by atoms with E-state index < -0.39 is 11.4 Å². The van der Waals surface area contributed by atoms with Crippen molar-refractivity contribution in [1.29, 1.82) is 0 Å². The first kappa shape index (κ1) is 13.6. The average molecular weight is 237 g/mol. The fourth-order valence-corrected chi connectivity index (χ4v) is 1.94. The highest BCUT2D eigenvalue weighted by molar-refractivity contribution is 5.79. The number of hydrogen-bond acceptors (Lipinski definition) is 2. The Balaban J connectivity index is 2.19. The molecule has 2 N–H and O–H groups in total. The van der Waals surface area contributed by atoms with Gasteiger partial charge in [-0.05, 0) is 25.7 Å². The summed E-state index contributed by atoms with van der Waals surface area (Å²) in [6, 6.07) is 0. The zero-order valence-electron chi connectivity index (χ0n) is 10.00. The fraction of sp³-hybridized carbons (Fsp3) is 0.692. The van der Waals surface area contributed by atoms with Crippen molar-refractivity contribution in [2.45, 2.75) is 44.9 Å². The summed E-state index contributed by atoms with van der Waals surface area (Å²) in [4.78, 5) is 22.5. The lowest BCUT2D eigenvalue weighted by atomic mass is 9.69. The van der Waals surface area contributed by atoms with Gasteiger partial charge in [0, 0.05) is 19.4 Å². The molecule has 94 valence electrons. The SMILES string of the molecule is C#CCCCCC(=O)NCC1(C(=O)O)CCC1. The Kier molecular flexibility index (Phi) is 5.02. The standard InChI is InChI=1S/C13H19NO3/c1-2-3-4-5-7-11(15)14-10-13(12(16)17)8-6-9-13/h1H,3-10H2,(H,14,15)(H,16,17). The van der Waals surface area contributed by atoms with E-state index in [9.17, 15) is 9.59 Å². The maximum absolute atomic E-state index is 11.5. The number of rotatable bonds is 7. The Morgan fingerprint density at radius 3 is 2.53 bits per heavy atom. The van der Waals surface area contributed by atoms with Crippen molar-refractivity contribution in [1.82, 2.24) is 5.32 Å². The van der Waals surface area contributed by atoms with Crippen LogP contribution in [-0.2, 0) is 9.59 Å². The van der Waals surface area contributed by atoms with Crippen LogP contribution in [0.4, 0.5) is 0 Å². The number of terminal acetylenes is 1. The van der Waals surface area contributed by atoms with E-state index in [1.807, 2.05) is 0 Å². The Morgan fingerprint density at radius 2 is 2.06 bits per heavy atom. The minimum atomic E-state index is -0.795. The molecule has 1 aliphatic rings. The lowest BCUT2D eigenvalue weighted by Crippen LogP contribution is -2.47. The molecule has 0 aromatic carbocycles. The smallest absolute Gasteiger partial charge is 0.311 e. The molecule has 1 aliphatic carbocycles. The van der Waals surface area contributed by atoms with Crippen molar-refractivity contribution >= 4 is 11.9 Å². The summed E-state index contributed by atoms with van der Waals surface area (Å²) in [6.07, 6.45) is 10.1. The number of aliphatic carboxylic acids is 1. The number of amides is 1. The molecular formula is C13H19NO3. The molecule has 0 radical (unpaired) electrons. The molecule has 0 atom stereocenters. The van der Waals surface area contributed by atoms with E-state index in [4.69, 9.17) is 11.5 Å². The lowest BCUT2D eigenvalue weighted by molar-refractivity contribution is -0.154. The van der Waals surface area contributed by atoms with Gasteiger partial charge >= 0.3 is 5.97 Å². The summed E-state index contributed by atoms with van der Waals surface area (Å²) >= 11 is 0. The van der Waals surface area contributed by atoms with Crippen molar-refractivity contribution < 1.29 is 14.7 Å². The van der Waals surface area contributed by atoms with Crippen molar-refractivity contribution in [3.63, 3.8) is 0 Å². The summed E-state index contributed by atoms with van der Waals surface area (Å²) in [5, 5.41) is 11.8. The highest BCUT2D eigenvalue weighted by Gasteiger charge is 2.44. The number of carbonyl (C=O) groups is 2. The van der Waals surface area contributed by atoms with Gasteiger partial charge in [0.25, 0.3) is 0 Å². The van der Waals surface area contributed by atoms with Crippen LogP contribution in [0.15, 0.2) is 0 Å². The van der Waals surface area contributed by atoms with Gasteiger partial charge in [-0.25, -0.2) is 0 Å². The number of carbonyl (C=O) groups excluding carboxylic acids is 1. The first-order valence-corrected chi connectivity index (χ1v) is 6.04. The van der Waals surface area contributed by atoms with E-state index in [2.05, 4.69) is 11.2 Å². The number of nitrogens with one attached hydrogen (secondary N) is 1. The summed E-state index contributed by atoms with van der Waals surface area (Å²) < 4.78 is 0. The van der Waals surface area contributed by atoms with E-state index in [-0.39, 0.29) is 12.5 Å². The molecule has 4 nitrogen and oxygen atoms in total. The average Bonchev–Trinajstić information content (AvgIpc) is 2.22. The van der Waals surface area contributed by atoms with Crippen LogP contribution in [0.25, 0.3) is 0 Å². The Hall–Kier alpha value is -1.50. The molecule has 0 aromatic rings. The van der Waals surface area contributed by atoms with Gasteiger partial charge in [0.1, 0.15) is 0 Å². The molecule has 0 aromatic heterocycles. The molecule has 1 rings (SSSR count). The fourth-order valence-electron chi connectivity index (χ4n) is 1.94. The molecule has 0 aliphatic heterocycles. The molecule has 1 amide bonds. The minimum absolute atomic E-state index is 0.0745. The maximum Gasteiger partial charge on any atom is 0.311 e. The van der Waals surface area contributed by atoms with Gasteiger partial charge in [0.05, 0.1) is 5.41 Å². The van der Waals surface area contributed by atoms with Crippen LogP contribution in [0.3, 0.4) is 0 Å². The second kappa shape index (κ2) is 6.29. The van der Waals surface area contributed by atoms with E-state index in [0.29, 0.717) is 25.7 Å². The molecule has 1 saturated carbocycles. The van der Waals surface area contributed by atoms with Crippen LogP contribution >= 0.6 is 0 Å². The predicted octanol–water partition coefficient (Wildman–Crippen LogP) is 1.55. The molecule has 4 heteroatoms. The topological polar surface area (TPSA) is 66.4 Å². The monoisotopic (exact) mass is 237 g/mol. The van der Waals surface area contributed by atoms with Gasteiger partial charge in [-0.1, -0.05) is 6.42 Å². The summed E-state index contributed by atoms with van der Waals surface area (Å²) in [6.45, 7) is 0.260. The first-order valence-electron chi connectivity index (χ1n) is 6.04. The van der Waals surface area contributed by atoms with Crippen LogP contribution in [-0.4, -0.2) is 23.5 Å². The second-order valence-corrected chi connectivity index (χ2v) is 4.63. The van der Waals surface area contributed by atoms with Gasteiger partial charge < -0.3 is 10.4 Å². The molecule has 17 heavy (non-hydrogen) atoms. The molecule has 0 saturated heterocycles. The molecule has 1 fully saturated rings. The van der Waals surface area contributed by atoms with Gasteiger partial charge in [0.2, 0.25) is 5.91 Å². The lowest BCUT2D eigenvalue weighted by Gasteiger charge is -2.37. The van der Waals surface area contributed by atoms with Crippen molar-refractivity contribution in [2.75, 3.05) is 6.54 Å². The van der Waals surface area contributed by atoms with E-state index in [0.717, 1.165) is 19.3 Å². The third kappa shape index (κ3) is 3.77. The maximum atomic E-state index is 11.5. The van der Waals surface area contributed by atoms with Crippen LogP contribution in [0.1, 0.15) is 44.9 Å². The highest BCUT2D eigenvalue weighted by atomic mass is 16.4. The molecule has 0 bridgehead atoms. The first-order chi connectivity index (χ1) is 8.10. The van der Waals surface area contributed by atoms with E-state index >= 15 is 0 Å². The summed E-state index contributed by atoms with van der Waals surface area (Å²) in [7, 11) is 0. The normalized spacial score (nSPS) is 16.6. The van der Waals surface area contributed by atoms with Gasteiger partial charge in [-0.3, -0.25) is 9.59 Å². The molecule has 0 heterocycles. The number of carboxylic acid groups (broad SMARTS) is 1. The highest BCUT2D eigenvalue weighted by Crippen LogP contribution is 2.40. The van der Waals surface area contributed by atoms with Crippen LogP contribution in [0, 0.1) is 17.8 Å². The number of unbranched alkanes of at least 4 members (excludes halogenated alkanes) is 2. The second-order valence-electron chi connectivity index (χ2n) is 4.63. The third-order valence-corrected chi connectivity index (χ3v) is 3.36. The number of hydrogen-bond donors (Lipinski definition) is 2. The summed E-state index contributed by atoms with van der Waals surface area (Å²) in [5.41, 5.74) is -0.700. The van der Waals surface area contributed by atoms with Crippen LogP contribution in [0.5, 0.6) is 0 Å². The van der Waals surface area contributed by atoms with Crippen molar-refractivity contribution in [2.24, 2.45) is 5.41 Å². The number of carboxylic acids is 1. The van der Waals surface area contributed by atoms with Crippen molar-refractivity contribution in [3.05, 3.63) is 0 Å². The van der Waals surface area contributed by atoms with E-state index in [1.54, 1.807) is 0 Å². The van der Waals surface area contributed by atoms with Crippen LogP contribution in [0.2, 0.25) is 0 Å². The summed E-state index contributed by atoms with van der Waals surface area (Å²) in [5.74, 6) is 1.65. The van der Waals surface area contributed by atoms with Gasteiger partial charge in [-0.2, -0.15) is 0 Å². The Morgan fingerprint density at radius 1 is 1.35 bits per heavy atom. The molecule has 0 spiro atoms. The minimum Gasteiger partial charge on any atom is -0.481 e. The van der Waals surface area contributed by atoms with E-state index in [1.165, 1.54) is 0 Å². The largest absolute Gasteiger partial charge is 0.481 e. The van der Waals surface area contributed by atoms with Gasteiger partial charge in [-0.15, -0.1) is 12.3 Å². The molecule has 0 unspecified atom stereocenters. The van der Waals surface area contributed by atoms with Gasteiger partial charge in [0.15, 0.2) is 0 Å². The Bertz CT molecular complexity index is 326. The third-order valence-electron chi connectivity index (χ3n) is 3.36. The van der Waals surface area contributed by atoms with Crippen LogP contribution < -0.4 is 5.32 Å². The zero-order chi connectivity index (χ0) is 12.7. The predicted molar refractivity (Wildman–Crippen MR) is 64.2 cm³/mol.